The van der Waals surface area contributed by atoms with Gasteiger partial charge in [-0.05, 0) is 92.9 Å². The average Bonchev–Trinajstić information content (AvgIpc) is 3.76. The van der Waals surface area contributed by atoms with Gasteiger partial charge in [-0.25, -0.2) is 9.97 Å². The lowest BCUT2D eigenvalue weighted by atomic mass is 9.71. The Balaban J connectivity index is 1.02. The van der Waals surface area contributed by atoms with Crippen molar-refractivity contribution in [3.8, 4) is 11.4 Å². The van der Waals surface area contributed by atoms with Crippen molar-refractivity contribution in [3.05, 3.63) is 41.4 Å². The molecular formula is C31H38N8OS. The SMILES string of the molecule is O=C(c1cc2ccc(-c3nc(NC4CCC5NNCC5C4)c4sccc4n3)cc2[nH]1)N1CCC2(CCNCC2)CC1. The Morgan fingerprint density at radius 3 is 2.80 bits per heavy atom. The van der Waals surface area contributed by atoms with Gasteiger partial charge in [-0.3, -0.25) is 15.6 Å². The minimum absolute atomic E-state index is 0.108. The van der Waals surface area contributed by atoms with Crippen molar-refractivity contribution in [2.24, 2.45) is 11.3 Å². The van der Waals surface area contributed by atoms with Gasteiger partial charge in [0, 0.05) is 48.2 Å². The third kappa shape index (κ3) is 4.80. The summed E-state index contributed by atoms with van der Waals surface area (Å²) in [4.78, 5) is 28.9. The summed E-state index contributed by atoms with van der Waals surface area (Å²) in [6.45, 7) is 4.94. The van der Waals surface area contributed by atoms with Crippen LogP contribution < -0.4 is 21.5 Å². The molecule has 10 heteroatoms. The molecule has 8 rings (SSSR count). The van der Waals surface area contributed by atoms with E-state index in [1.54, 1.807) is 11.3 Å². The van der Waals surface area contributed by atoms with Gasteiger partial charge in [0.05, 0.1) is 10.2 Å². The molecule has 3 unspecified atom stereocenters. The number of nitrogens with one attached hydrogen (secondary N) is 5. The van der Waals surface area contributed by atoms with E-state index < -0.39 is 0 Å². The van der Waals surface area contributed by atoms with Crippen LogP contribution in [0.1, 0.15) is 55.4 Å². The lowest BCUT2D eigenvalue weighted by molar-refractivity contribution is 0.0491. The number of likely N-dealkylation sites (tertiary alicyclic amines) is 1. The molecule has 1 aliphatic carbocycles. The molecule has 3 aliphatic heterocycles. The summed E-state index contributed by atoms with van der Waals surface area (Å²) in [7, 11) is 0. The van der Waals surface area contributed by atoms with E-state index in [0.717, 1.165) is 90.9 Å². The van der Waals surface area contributed by atoms with E-state index in [1.807, 2.05) is 11.0 Å². The quantitative estimate of drug-likeness (QED) is 0.246. The number of H-pyrrole nitrogens is 1. The van der Waals surface area contributed by atoms with E-state index >= 15 is 0 Å². The highest BCUT2D eigenvalue weighted by Crippen LogP contribution is 2.40. The van der Waals surface area contributed by atoms with Crippen LogP contribution in [0.3, 0.4) is 0 Å². The predicted molar refractivity (Wildman–Crippen MR) is 164 cm³/mol. The molecule has 41 heavy (non-hydrogen) atoms. The molecule has 1 spiro atoms. The van der Waals surface area contributed by atoms with Gasteiger partial charge >= 0.3 is 0 Å². The molecule has 4 aliphatic rings. The molecule has 3 atom stereocenters. The summed E-state index contributed by atoms with van der Waals surface area (Å²) < 4.78 is 1.11. The number of hydrogen-bond acceptors (Lipinski definition) is 8. The summed E-state index contributed by atoms with van der Waals surface area (Å²) in [5.74, 6) is 2.41. The molecule has 4 aromatic rings. The fraction of sp³-hybridized carbons (Fsp3) is 0.516. The highest BCUT2D eigenvalue weighted by molar-refractivity contribution is 7.17. The molecule has 1 saturated carbocycles. The largest absolute Gasteiger partial charge is 0.366 e. The van der Waals surface area contributed by atoms with Gasteiger partial charge in [0.15, 0.2) is 5.82 Å². The summed E-state index contributed by atoms with van der Waals surface area (Å²) in [5.41, 5.74) is 10.7. The fourth-order valence-corrected chi connectivity index (χ4v) is 8.39. The monoisotopic (exact) mass is 570 g/mol. The van der Waals surface area contributed by atoms with Crippen molar-refractivity contribution in [2.45, 2.75) is 57.0 Å². The lowest BCUT2D eigenvalue weighted by Gasteiger charge is -2.44. The number of aromatic nitrogens is 3. The van der Waals surface area contributed by atoms with Crippen LogP contribution in [0, 0.1) is 11.3 Å². The normalized spacial score (nSPS) is 26.0. The summed E-state index contributed by atoms with van der Waals surface area (Å²) >= 11 is 1.69. The van der Waals surface area contributed by atoms with E-state index in [2.05, 4.69) is 56.1 Å². The zero-order valence-electron chi connectivity index (χ0n) is 23.3. The molecular weight excluding hydrogens is 532 g/mol. The number of aromatic amines is 1. The molecule has 6 heterocycles. The van der Waals surface area contributed by atoms with Crippen LogP contribution in [0.5, 0.6) is 0 Å². The maximum absolute atomic E-state index is 13.5. The Labute approximate surface area is 243 Å². The number of hydrogen-bond donors (Lipinski definition) is 5. The van der Waals surface area contributed by atoms with Gasteiger partial charge in [-0.15, -0.1) is 11.3 Å². The summed E-state index contributed by atoms with van der Waals surface area (Å²) in [5, 5.41) is 10.4. The number of rotatable bonds is 4. The van der Waals surface area contributed by atoms with Crippen LogP contribution in [-0.2, 0) is 0 Å². The number of hydrazine groups is 1. The van der Waals surface area contributed by atoms with E-state index in [9.17, 15) is 4.79 Å². The molecule has 0 radical (unpaired) electrons. The molecule has 0 bridgehead atoms. The van der Waals surface area contributed by atoms with Gasteiger partial charge in [0.1, 0.15) is 11.5 Å². The standard InChI is InChI=1S/C31H38N8OS/c40-30(39-12-8-31(9-13-39)6-10-32-11-7-31)26-16-19-1-2-20(17-25(19)35-26)28-36-24-5-14-41-27(24)29(37-28)34-22-3-4-23-21(15-22)18-33-38-23/h1-2,5,14,16-17,21-23,32-33,35,38H,3-4,6-13,15,18H2,(H,34,36,37). The number of fused-ring (bicyclic) bond motifs is 3. The molecule has 9 nitrogen and oxygen atoms in total. The zero-order chi connectivity index (χ0) is 27.4. The van der Waals surface area contributed by atoms with Crippen LogP contribution in [0.4, 0.5) is 5.82 Å². The van der Waals surface area contributed by atoms with Crippen molar-refractivity contribution < 1.29 is 4.79 Å². The van der Waals surface area contributed by atoms with Gasteiger partial charge in [0.2, 0.25) is 0 Å². The topological polar surface area (TPSA) is 110 Å². The molecule has 214 valence electrons. The summed E-state index contributed by atoms with van der Waals surface area (Å²) in [6, 6.07) is 11.3. The highest BCUT2D eigenvalue weighted by atomic mass is 32.1. The second kappa shape index (κ2) is 10.3. The van der Waals surface area contributed by atoms with Gasteiger partial charge in [-0.1, -0.05) is 12.1 Å². The molecule has 3 saturated heterocycles. The van der Waals surface area contributed by atoms with Crippen LogP contribution >= 0.6 is 11.3 Å². The zero-order valence-corrected chi connectivity index (χ0v) is 24.2. The second-order valence-corrected chi connectivity index (χ2v) is 13.5. The Morgan fingerprint density at radius 1 is 1.05 bits per heavy atom. The third-order valence-electron chi connectivity index (χ3n) is 10.2. The second-order valence-electron chi connectivity index (χ2n) is 12.6. The van der Waals surface area contributed by atoms with Crippen molar-refractivity contribution in [2.75, 3.05) is 38.0 Å². The number of nitrogens with zero attached hydrogens (tertiary/aromatic N) is 3. The number of carbonyl (C=O) groups excluding carboxylic acids is 1. The van der Waals surface area contributed by atoms with E-state index in [4.69, 9.17) is 9.97 Å². The number of piperidine rings is 2. The average molecular weight is 571 g/mol. The minimum atomic E-state index is 0.108. The third-order valence-corrected chi connectivity index (χ3v) is 11.1. The molecule has 3 aromatic heterocycles. The van der Waals surface area contributed by atoms with Gasteiger partial charge in [-0.2, -0.15) is 0 Å². The van der Waals surface area contributed by atoms with E-state index in [-0.39, 0.29) is 5.91 Å². The number of carbonyl (C=O) groups is 1. The highest BCUT2D eigenvalue weighted by Gasteiger charge is 2.37. The number of thiophene rings is 1. The Kier molecular flexibility index (Phi) is 6.47. The van der Waals surface area contributed by atoms with Crippen molar-refractivity contribution in [3.63, 3.8) is 0 Å². The Hall–Kier alpha value is -3.05. The Bertz CT molecular complexity index is 1580. The molecule has 5 N–H and O–H groups in total. The first-order valence-electron chi connectivity index (χ1n) is 15.3. The van der Waals surface area contributed by atoms with Crippen molar-refractivity contribution in [1.82, 2.24) is 36.0 Å². The smallest absolute Gasteiger partial charge is 0.270 e. The maximum atomic E-state index is 13.5. The van der Waals surface area contributed by atoms with Crippen molar-refractivity contribution >= 4 is 44.2 Å². The number of benzene rings is 1. The Morgan fingerprint density at radius 2 is 1.93 bits per heavy atom. The van der Waals surface area contributed by atoms with Gasteiger partial charge < -0.3 is 20.5 Å². The first-order valence-corrected chi connectivity index (χ1v) is 16.1. The predicted octanol–water partition coefficient (Wildman–Crippen LogP) is 4.50. The van der Waals surface area contributed by atoms with Crippen LogP contribution in [0.15, 0.2) is 35.7 Å². The fourth-order valence-electron chi connectivity index (χ4n) is 7.61. The number of amides is 1. The molecule has 1 aromatic carbocycles. The van der Waals surface area contributed by atoms with Crippen LogP contribution in [0.25, 0.3) is 32.5 Å². The maximum Gasteiger partial charge on any atom is 0.270 e. The van der Waals surface area contributed by atoms with Crippen molar-refractivity contribution in [1.29, 1.82) is 0 Å². The van der Waals surface area contributed by atoms with Crippen LogP contribution in [-0.4, -0.2) is 70.6 Å². The van der Waals surface area contributed by atoms with E-state index in [1.165, 1.54) is 19.3 Å². The molecule has 4 fully saturated rings. The lowest BCUT2D eigenvalue weighted by Crippen LogP contribution is -2.47. The first kappa shape index (κ1) is 25.6. The van der Waals surface area contributed by atoms with Gasteiger partial charge in [0.25, 0.3) is 5.91 Å². The molecule has 1 amide bonds. The first-order chi connectivity index (χ1) is 20.1. The minimum Gasteiger partial charge on any atom is -0.366 e. The van der Waals surface area contributed by atoms with Crippen LogP contribution in [0.2, 0.25) is 0 Å². The summed E-state index contributed by atoms with van der Waals surface area (Å²) in [6.07, 6.45) is 8.12. The number of anilines is 1. The van der Waals surface area contributed by atoms with E-state index in [0.29, 0.717) is 34.9 Å².